The fourth-order valence-electron chi connectivity index (χ4n) is 0.992. The van der Waals surface area contributed by atoms with E-state index >= 15 is 0 Å². The quantitative estimate of drug-likeness (QED) is 0.719. The van der Waals surface area contributed by atoms with Crippen molar-refractivity contribution in [2.75, 3.05) is 13.6 Å². The molecule has 1 heterocycles. The van der Waals surface area contributed by atoms with Gasteiger partial charge in [0.1, 0.15) is 0 Å². The molecule has 0 aliphatic carbocycles. The molecule has 2 heteroatoms. The molecule has 0 saturated heterocycles. The number of hydrogen-bond donors (Lipinski definition) is 1. The van der Waals surface area contributed by atoms with E-state index in [4.69, 9.17) is 0 Å². The van der Waals surface area contributed by atoms with Crippen LogP contribution in [0.4, 0.5) is 0 Å². The van der Waals surface area contributed by atoms with Gasteiger partial charge in [0.05, 0.1) is 0 Å². The summed E-state index contributed by atoms with van der Waals surface area (Å²) >= 11 is 0. The summed E-state index contributed by atoms with van der Waals surface area (Å²) in [7, 11) is 1.97. The summed E-state index contributed by atoms with van der Waals surface area (Å²) in [6.07, 6.45) is 4.07. The van der Waals surface area contributed by atoms with E-state index in [1.807, 2.05) is 39.2 Å². The van der Waals surface area contributed by atoms with Gasteiger partial charge in [0.25, 0.3) is 0 Å². The Bertz CT molecular complexity index is 185. The van der Waals surface area contributed by atoms with Crippen LogP contribution in [0.5, 0.6) is 0 Å². The molecule has 1 aromatic rings. The minimum atomic E-state index is 1.07. The van der Waals surface area contributed by atoms with Crippen molar-refractivity contribution in [1.29, 1.82) is 0 Å². The van der Waals surface area contributed by atoms with Gasteiger partial charge in [-0.25, -0.2) is 0 Å². The van der Waals surface area contributed by atoms with Crippen LogP contribution in [0.3, 0.4) is 0 Å². The van der Waals surface area contributed by atoms with Gasteiger partial charge in [0, 0.05) is 11.9 Å². The van der Waals surface area contributed by atoms with Crippen LogP contribution >= 0.6 is 0 Å². The van der Waals surface area contributed by atoms with Crippen molar-refractivity contribution < 1.29 is 0 Å². The topological polar surface area (TPSA) is 24.9 Å². The Morgan fingerprint density at radius 3 is 2.62 bits per heavy atom. The average molecular weight is 180 g/mol. The van der Waals surface area contributed by atoms with Crippen LogP contribution in [0.15, 0.2) is 24.4 Å². The molecule has 0 amide bonds. The van der Waals surface area contributed by atoms with E-state index in [0.717, 1.165) is 19.4 Å². The SMILES string of the molecule is CC.CNCCCc1ccccn1. The van der Waals surface area contributed by atoms with Gasteiger partial charge in [-0.2, -0.15) is 0 Å². The van der Waals surface area contributed by atoms with Gasteiger partial charge in [-0.15, -0.1) is 0 Å². The monoisotopic (exact) mass is 180 g/mol. The fourth-order valence-corrected chi connectivity index (χ4v) is 0.992. The summed E-state index contributed by atoms with van der Waals surface area (Å²) in [5, 5.41) is 3.11. The van der Waals surface area contributed by atoms with Crippen molar-refractivity contribution in [2.45, 2.75) is 26.7 Å². The molecule has 0 aliphatic rings. The van der Waals surface area contributed by atoms with Crippen molar-refractivity contribution in [3.05, 3.63) is 30.1 Å². The lowest BCUT2D eigenvalue weighted by atomic mass is 10.2. The molecular weight excluding hydrogens is 160 g/mol. The molecule has 13 heavy (non-hydrogen) atoms. The van der Waals surface area contributed by atoms with Crippen LogP contribution in [-0.2, 0) is 6.42 Å². The van der Waals surface area contributed by atoms with Crippen molar-refractivity contribution in [1.82, 2.24) is 10.3 Å². The molecule has 1 rings (SSSR count). The Labute approximate surface area is 81.4 Å². The molecular formula is C11H20N2. The maximum Gasteiger partial charge on any atom is 0.0404 e. The molecule has 1 aromatic heterocycles. The van der Waals surface area contributed by atoms with Crippen LogP contribution in [0.1, 0.15) is 26.0 Å². The average Bonchev–Trinajstić information content (AvgIpc) is 2.23. The molecule has 0 bridgehead atoms. The number of hydrogen-bond acceptors (Lipinski definition) is 2. The van der Waals surface area contributed by atoms with Crippen LogP contribution < -0.4 is 5.32 Å². The third-order valence-electron chi connectivity index (χ3n) is 1.59. The number of aryl methyl sites for hydroxylation is 1. The first-order chi connectivity index (χ1) is 6.43. The summed E-state index contributed by atoms with van der Waals surface area (Å²) in [5.41, 5.74) is 1.18. The predicted molar refractivity (Wildman–Crippen MR) is 57.8 cm³/mol. The third-order valence-corrected chi connectivity index (χ3v) is 1.59. The van der Waals surface area contributed by atoms with Crippen molar-refractivity contribution in [2.24, 2.45) is 0 Å². The molecule has 1 N–H and O–H groups in total. The first-order valence-corrected chi connectivity index (χ1v) is 4.98. The van der Waals surface area contributed by atoms with Crippen LogP contribution in [0.25, 0.3) is 0 Å². The Morgan fingerprint density at radius 2 is 2.08 bits per heavy atom. The summed E-state index contributed by atoms with van der Waals surface area (Å²) in [6, 6.07) is 6.04. The molecule has 0 radical (unpaired) electrons. The van der Waals surface area contributed by atoms with E-state index in [-0.39, 0.29) is 0 Å². The molecule has 0 unspecified atom stereocenters. The van der Waals surface area contributed by atoms with Gasteiger partial charge in [-0.3, -0.25) is 4.98 Å². The smallest absolute Gasteiger partial charge is 0.0404 e. The Balaban J connectivity index is 0.000000671. The lowest BCUT2D eigenvalue weighted by Crippen LogP contribution is -2.08. The van der Waals surface area contributed by atoms with Gasteiger partial charge in [-0.05, 0) is 38.6 Å². The molecule has 0 fully saturated rings. The largest absolute Gasteiger partial charge is 0.320 e. The minimum absolute atomic E-state index is 1.07. The Hall–Kier alpha value is -0.890. The number of aromatic nitrogens is 1. The number of nitrogens with zero attached hydrogens (tertiary/aromatic N) is 1. The summed E-state index contributed by atoms with van der Waals surface area (Å²) in [4.78, 5) is 4.22. The highest BCUT2D eigenvalue weighted by Crippen LogP contribution is 1.96. The molecule has 0 spiro atoms. The summed E-state index contributed by atoms with van der Waals surface area (Å²) in [6.45, 7) is 5.07. The number of rotatable bonds is 4. The summed E-state index contributed by atoms with van der Waals surface area (Å²) in [5.74, 6) is 0. The number of pyridine rings is 1. The standard InChI is InChI=1S/C9H14N2.C2H6/c1-10-7-4-6-9-5-2-3-8-11-9;1-2/h2-3,5,8,10H,4,6-7H2,1H3;1-2H3. The molecule has 74 valence electrons. The second kappa shape index (κ2) is 9.20. The number of nitrogens with one attached hydrogen (secondary N) is 1. The molecule has 0 saturated carbocycles. The van der Waals surface area contributed by atoms with E-state index in [1.165, 1.54) is 5.69 Å². The van der Waals surface area contributed by atoms with Crippen molar-refractivity contribution in [3.8, 4) is 0 Å². The third kappa shape index (κ3) is 6.29. The van der Waals surface area contributed by atoms with Gasteiger partial charge in [-0.1, -0.05) is 19.9 Å². The van der Waals surface area contributed by atoms with E-state index in [0.29, 0.717) is 0 Å². The zero-order valence-electron chi connectivity index (χ0n) is 8.88. The minimum Gasteiger partial charge on any atom is -0.320 e. The van der Waals surface area contributed by atoms with Crippen LogP contribution in [0.2, 0.25) is 0 Å². The van der Waals surface area contributed by atoms with Crippen LogP contribution in [-0.4, -0.2) is 18.6 Å². The zero-order chi connectivity index (χ0) is 9.94. The highest BCUT2D eigenvalue weighted by Gasteiger charge is 1.90. The maximum absolute atomic E-state index is 4.22. The Morgan fingerprint density at radius 1 is 1.31 bits per heavy atom. The zero-order valence-corrected chi connectivity index (χ0v) is 8.88. The molecule has 2 nitrogen and oxygen atoms in total. The molecule has 0 aromatic carbocycles. The predicted octanol–water partition coefficient (Wildman–Crippen LogP) is 2.26. The van der Waals surface area contributed by atoms with Gasteiger partial charge >= 0.3 is 0 Å². The van der Waals surface area contributed by atoms with Crippen molar-refractivity contribution >= 4 is 0 Å². The van der Waals surface area contributed by atoms with Gasteiger partial charge < -0.3 is 5.32 Å². The van der Waals surface area contributed by atoms with Crippen LogP contribution in [0, 0.1) is 0 Å². The molecule has 0 aliphatic heterocycles. The first-order valence-electron chi connectivity index (χ1n) is 4.98. The van der Waals surface area contributed by atoms with E-state index < -0.39 is 0 Å². The first kappa shape index (κ1) is 12.1. The maximum atomic E-state index is 4.22. The molecule has 0 atom stereocenters. The lowest BCUT2D eigenvalue weighted by molar-refractivity contribution is 0.715. The Kier molecular flexibility index (Phi) is 8.57. The second-order valence-electron chi connectivity index (χ2n) is 2.53. The highest BCUT2D eigenvalue weighted by molar-refractivity contribution is 5.03. The van der Waals surface area contributed by atoms with Gasteiger partial charge in [0.15, 0.2) is 0 Å². The highest BCUT2D eigenvalue weighted by atomic mass is 14.8. The second-order valence-corrected chi connectivity index (χ2v) is 2.53. The lowest BCUT2D eigenvalue weighted by Gasteiger charge is -1.98. The van der Waals surface area contributed by atoms with E-state index in [9.17, 15) is 0 Å². The summed E-state index contributed by atoms with van der Waals surface area (Å²) < 4.78 is 0. The normalized spacial score (nSPS) is 8.85. The fraction of sp³-hybridized carbons (Fsp3) is 0.545. The van der Waals surface area contributed by atoms with Gasteiger partial charge in [0.2, 0.25) is 0 Å². The van der Waals surface area contributed by atoms with Crippen molar-refractivity contribution in [3.63, 3.8) is 0 Å². The van der Waals surface area contributed by atoms with E-state index in [1.54, 1.807) is 0 Å². The van der Waals surface area contributed by atoms with E-state index in [2.05, 4.69) is 16.4 Å².